The Balaban J connectivity index is 1.39. The maximum absolute atomic E-state index is 13.0. The Kier molecular flexibility index (Phi) is 7.11. The second-order valence-electron chi connectivity index (χ2n) is 8.34. The van der Waals surface area contributed by atoms with Crippen molar-refractivity contribution in [2.45, 2.75) is 32.5 Å². The van der Waals surface area contributed by atoms with Crippen molar-refractivity contribution in [2.24, 2.45) is 14.1 Å². The van der Waals surface area contributed by atoms with Gasteiger partial charge < -0.3 is 14.6 Å². The van der Waals surface area contributed by atoms with Gasteiger partial charge in [-0.3, -0.25) is 14.3 Å². The number of para-hydroxylation sites is 1. The number of nitrogens with one attached hydrogen (secondary N) is 1. The molecule has 1 N–H and O–H groups in total. The molecular formula is C25H28N6O3S. The zero-order chi connectivity index (χ0) is 25.1. The van der Waals surface area contributed by atoms with E-state index in [1.807, 2.05) is 63.4 Å². The minimum atomic E-state index is -0.294. The van der Waals surface area contributed by atoms with E-state index in [4.69, 9.17) is 4.74 Å². The summed E-state index contributed by atoms with van der Waals surface area (Å²) in [6.45, 7) is 6.11. The van der Waals surface area contributed by atoms with Crippen molar-refractivity contribution in [2.75, 3.05) is 11.1 Å². The first-order valence-electron chi connectivity index (χ1n) is 11.1. The smallest absolute Gasteiger partial charge is 0.295 e. The van der Waals surface area contributed by atoms with Gasteiger partial charge in [0.15, 0.2) is 11.0 Å². The molecule has 0 saturated heterocycles. The van der Waals surface area contributed by atoms with E-state index >= 15 is 0 Å². The molecule has 2 heterocycles. The zero-order valence-electron chi connectivity index (χ0n) is 20.4. The fourth-order valence-corrected chi connectivity index (χ4v) is 4.51. The second kappa shape index (κ2) is 10.2. The number of aromatic nitrogens is 5. The van der Waals surface area contributed by atoms with Gasteiger partial charge >= 0.3 is 0 Å². The van der Waals surface area contributed by atoms with Crippen LogP contribution in [-0.4, -0.2) is 35.8 Å². The molecule has 35 heavy (non-hydrogen) atoms. The highest BCUT2D eigenvalue weighted by Crippen LogP contribution is 2.20. The number of benzene rings is 2. The number of rotatable bonds is 8. The topological polar surface area (TPSA) is 96.0 Å². The number of amides is 1. The highest BCUT2D eigenvalue weighted by Gasteiger charge is 2.19. The molecular weight excluding hydrogens is 464 g/mol. The molecule has 0 aliphatic heterocycles. The van der Waals surface area contributed by atoms with Crippen LogP contribution in [0, 0.1) is 20.8 Å². The number of carbonyl (C=O) groups excluding carboxylic acids is 1. The lowest BCUT2D eigenvalue weighted by molar-refractivity contribution is -0.113. The third-order valence-electron chi connectivity index (χ3n) is 5.64. The van der Waals surface area contributed by atoms with Crippen LogP contribution in [0.5, 0.6) is 5.75 Å². The Hall–Kier alpha value is -3.79. The minimum absolute atomic E-state index is 0.0863. The molecule has 4 rings (SSSR count). The van der Waals surface area contributed by atoms with Crippen molar-refractivity contribution in [3.05, 3.63) is 81.5 Å². The van der Waals surface area contributed by atoms with Crippen molar-refractivity contribution in [1.82, 2.24) is 24.1 Å². The number of hydrogen-bond acceptors (Lipinski definition) is 6. The summed E-state index contributed by atoms with van der Waals surface area (Å²) < 4.78 is 10.9. The van der Waals surface area contributed by atoms with Crippen LogP contribution in [0.15, 0.2) is 58.5 Å². The average Bonchev–Trinajstić information content (AvgIpc) is 3.27. The van der Waals surface area contributed by atoms with E-state index < -0.39 is 0 Å². The summed E-state index contributed by atoms with van der Waals surface area (Å²) in [5, 5.41) is 11.7. The molecule has 9 nitrogen and oxygen atoms in total. The van der Waals surface area contributed by atoms with Crippen molar-refractivity contribution in [3.63, 3.8) is 0 Å². The Morgan fingerprint density at radius 3 is 2.40 bits per heavy atom. The van der Waals surface area contributed by atoms with Gasteiger partial charge in [0, 0.05) is 14.1 Å². The summed E-state index contributed by atoms with van der Waals surface area (Å²) in [6.07, 6.45) is 0. The van der Waals surface area contributed by atoms with Gasteiger partial charge in [-0.1, -0.05) is 36.0 Å². The lowest BCUT2D eigenvalue weighted by Gasteiger charge is -2.08. The Morgan fingerprint density at radius 2 is 1.71 bits per heavy atom. The predicted octanol–water partition coefficient (Wildman–Crippen LogP) is 3.54. The first-order valence-corrected chi connectivity index (χ1v) is 12.1. The molecule has 0 aliphatic rings. The van der Waals surface area contributed by atoms with Gasteiger partial charge in [0.1, 0.15) is 18.0 Å². The number of aryl methyl sites for hydroxylation is 2. The van der Waals surface area contributed by atoms with Crippen molar-refractivity contribution < 1.29 is 9.53 Å². The largest absolute Gasteiger partial charge is 0.486 e. The Labute approximate surface area is 207 Å². The molecule has 0 radical (unpaired) electrons. The summed E-state index contributed by atoms with van der Waals surface area (Å²) in [5.74, 6) is 1.22. The summed E-state index contributed by atoms with van der Waals surface area (Å²) in [6, 6.07) is 15.3. The van der Waals surface area contributed by atoms with Gasteiger partial charge in [-0.15, -0.1) is 10.2 Å². The lowest BCUT2D eigenvalue weighted by Crippen LogP contribution is -2.23. The van der Waals surface area contributed by atoms with Crippen LogP contribution in [0.4, 0.5) is 5.69 Å². The van der Waals surface area contributed by atoms with Crippen molar-refractivity contribution in [3.8, 4) is 11.4 Å². The van der Waals surface area contributed by atoms with E-state index in [9.17, 15) is 9.59 Å². The van der Waals surface area contributed by atoms with Crippen LogP contribution < -0.4 is 15.6 Å². The number of ether oxygens (including phenoxy) is 1. The van der Waals surface area contributed by atoms with Crippen LogP contribution in [0.2, 0.25) is 0 Å². The van der Waals surface area contributed by atoms with E-state index in [0.29, 0.717) is 16.7 Å². The van der Waals surface area contributed by atoms with Crippen LogP contribution >= 0.6 is 11.8 Å². The van der Waals surface area contributed by atoms with Gasteiger partial charge in [-0.05, 0) is 56.2 Å². The lowest BCUT2D eigenvalue weighted by atomic mass is 10.1. The number of thioether (sulfide) groups is 1. The molecule has 0 fully saturated rings. The summed E-state index contributed by atoms with van der Waals surface area (Å²) in [7, 11) is 3.62. The van der Waals surface area contributed by atoms with Gasteiger partial charge in [-0.25, -0.2) is 4.68 Å². The van der Waals surface area contributed by atoms with Gasteiger partial charge in [0.2, 0.25) is 5.91 Å². The number of nitrogens with zero attached hydrogens (tertiary/aromatic N) is 5. The number of carbonyl (C=O) groups is 1. The fourth-order valence-electron chi connectivity index (χ4n) is 3.78. The third-order valence-corrected chi connectivity index (χ3v) is 6.66. The molecule has 182 valence electrons. The van der Waals surface area contributed by atoms with Crippen LogP contribution in [0.3, 0.4) is 0 Å². The fraction of sp³-hybridized carbons (Fsp3) is 0.280. The maximum atomic E-state index is 13.0. The molecule has 1 amide bonds. The van der Waals surface area contributed by atoms with E-state index in [1.165, 1.54) is 16.4 Å². The van der Waals surface area contributed by atoms with Gasteiger partial charge in [-0.2, -0.15) is 0 Å². The average molecular weight is 493 g/mol. The maximum Gasteiger partial charge on any atom is 0.295 e. The van der Waals surface area contributed by atoms with E-state index in [1.54, 1.807) is 23.2 Å². The first-order chi connectivity index (χ1) is 16.7. The van der Waals surface area contributed by atoms with Crippen molar-refractivity contribution in [1.29, 1.82) is 0 Å². The molecule has 0 aliphatic carbocycles. The number of hydrogen-bond donors (Lipinski definition) is 1. The predicted molar refractivity (Wildman–Crippen MR) is 136 cm³/mol. The zero-order valence-corrected chi connectivity index (χ0v) is 21.2. The van der Waals surface area contributed by atoms with E-state index in [2.05, 4.69) is 21.6 Å². The number of anilines is 1. The van der Waals surface area contributed by atoms with Gasteiger partial charge in [0.25, 0.3) is 5.56 Å². The molecule has 4 aromatic rings. The van der Waals surface area contributed by atoms with Crippen molar-refractivity contribution >= 4 is 23.4 Å². The highest BCUT2D eigenvalue weighted by atomic mass is 32.2. The molecule has 0 bridgehead atoms. The monoisotopic (exact) mass is 492 g/mol. The molecule has 0 spiro atoms. The molecule has 0 unspecified atom stereocenters. The molecule has 0 saturated carbocycles. The third kappa shape index (κ3) is 5.32. The summed E-state index contributed by atoms with van der Waals surface area (Å²) in [4.78, 5) is 25.7. The molecule has 10 heteroatoms. The van der Waals surface area contributed by atoms with E-state index in [0.717, 1.165) is 22.6 Å². The second-order valence-corrected chi connectivity index (χ2v) is 9.29. The van der Waals surface area contributed by atoms with Crippen LogP contribution in [0.25, 0.3) is 5.69 Å². The van der Waals surface area contributed by atoms with E-state index in [-0.39, 0.29) is 29.5 Å². The minimum Gasteiger partial charge on any atom is -0.486 e. The molecule has 2 aromatic carbocycles. The standard InChI is InChI=1S/C25H28N6O3S/c1-16-11-17(2)13-20(12-16)34-14-21-27-28-25(29(21)4)35-15-22(32)26-23-18(3)30(5)31(24(23)33)19-9-7-6-8-10-19/h6-13H,14-15H2,1-5H3,(H,26,32). The van der Waals surface area contributed by atoms with Crippen LogP contribution in [-0.2, 0) is 25.5 Å². The molecule has 2 aromatic heterocycles. The first kappa shape index (κ1) is 24.3. The highest BCUT2D eigenvalue weighted by molar-refractivity contribution is 7.99. The Bertz CT molecular complexity index is 1400. The Morgan fingerprint density at radius 1 is 1.03 bits per heavy atom. The quantitative estimate of drug-likeness (QED) is 0.378. The normalized spacial score (nSPS) is 11.0. The van der Waals surface area contributed by atoms with Crippen LogP contribution in [0.1, 0.15) is 22.6 Å². The van der Waals surface area contributed by atoms with Gasteiger partial charge in [0.05, 0.1) is 17.1 Å². The SMILES string of the molecule is Cc1cc(C)cc(OCc2nnc(SCC(=O)Nc3c(C)n(C)n(-c4ccccc4)c3=O)n2C)c1. The molecule has 0 atom stereocenters. The summed E-state index contributed by atoms with van der Waals surface area (Å²) >= 11 is 1.25. The summed E-state index contributed by atoms with van der Waals surface area (Å²) in [5.41, 5.74) is 3.64.